The Bertz CT molecular complexity index is 546. The first-order valence-electron chi connectivity index (χ1n) is 5.80. The molecule has 90 valence electrons. The highest BCUT2D eigenvalue weighted by Crippen LogP contribution is 2.24. The van der Waals surface area contributed by atoms with Crippen molar-refractivity contribution in [1.82, 2.24) is 14.7 Å². The number of aromatic hydroxyl groups is 1. The van der Waals surface area contributed by atoms with Crippen molar-refractivity contribution in [2.75, 3.05) is 13.1 Å². The average Bonchev–Trinajstić information content (AvgIpc) is 2.89. The van der Waals surface area contributed by atoms with Crippen molar-refractivity contribution >= 4 is 17.1 Å². The molecule has 4 nitrogen and oxygen atoms in total. The number of halogens is 1. The normalized spacial score (nSPS) is 20.2. The van der Waals surface area contributed by atoms with E-state index in [4.69, 9.17) is 11.6 Å². The van der Waals surface area contributed by atoms with E-state index in [0.29, 0.717) is 11.1 Å². The molecule has 2 aromatic heterocycles. The van der Waals surface area contributed by atoms with Crippen LogP contribution in [0.2, 0.25) is 5.15 Å². The summed E-state index contributed by atoms with van der Waals surface area (Å²) in [5.74, 6) is 1.82. The molecule has 17 heavy (non-hydrogen) atoms. The fraction of sp³-hybridized carbons (Fsp3) is 0.417. The van der Waals surface area contributed by atoms with Gasteiger partial charge < -0.3 is 14.8 Å². The Morgan fingerprint density at radius 1 is 1.59 bits per heavy atom. The zero-order valence-electron chi connectivity index (χ0n) is 9.36. The monoisotopic (exact) mass is 251 g/mol. The molecule has 1 atom stereocenters. The van der Waals surface area contributed by atoms with Gasteiger partial charge in [-0.1, -0.05) is 11.6 Å². The lowest BCUT2D eigenvalue weighted by atomic mass is 10.1. The van der Waals surface area contributed by atoms with Gasteiger partial charge in [-0.25, -0.2) is 4.98 Å². The van der Waals surface area contributed by atoms with E-state index in [1.54, 1.807) is 12.1 Å². The molecule has 0 aromatic carbocycles. The van der Waals surface area contributed by atoms with Crippen molar-refractivity contribution in [3.63, 3.8) is 0 Å². The molecule has 0 spiro atoms. The summed E-state index contributed by atoms with van der Waals surface area (Å²) >= 11 is 6.08. The van der Waals surface area contributed by atoms with Crippen LogP contribution in [0.25, 0.3) is 5.52 Å². The molecular formula is C12H14ClN3O. The lowest BCUT2D eigenvalue weighted by Gasteiger charge is -2.06. The van der Waals surface area contributed by atoms with Gasteiger partial charge in [0.05, 0.1) is 5.52 Å². The van der Waals surface area contributed by atoms with Gasteiger partial charge in [0.2, 0.25) is 0 Å². The van der Waals surface area contributed by atoms with Gasteiger partial charge in [0.15, 0.2) is 5.15 Å². The summed E-state index contributed by atoms with van der Waals surface area (Å²) in [7, 11) is 0. The molecule has 1 aliphatic heterocycles. The fourth-order valence-corrected chi connectivity index (χ4v) is 2.63. The Hall–Kier alpha value is -1.26. The summed E-state index contributed by atoms with van der Waals surface area (Å²) < 4.78 is 1.96. The highest BCUT2D eigenvalue weighted by atomic mass is 35.5. The van der Waals surface area contributed by atoms with Crippen LogP contribution >= 0.6 is 11.6 Å². The zero-order valence-corrected chi connectivity index (χ0v) is 10.1. The molecule has 2 N–H and O–H groups in total. The molecule has 1 aliphatic rings. The molecule has 1 unspecified atom stereocenters. The largest absolute Gasteiger partial charge is 0.508 e. The number of hydrogen-bond acceptors (Lipinski definition) is 3. The number of fused-ring (bicyclic) bond motifs is 1. The lowest BCUT2D eigenvalue weighted by molar-refractivity contribution is 0.475. The van der Waals surface area contributed by atoms with Gasteiger partial charge >= 0.3 is 0 Å². The second-order valence-corrected chi connectivity index (χ2v) is 4.88. The molecule has 2 aromatic rings. The van der Waals surface area contributed by atoms with E-state index in [9.17, 15) is 5.11 Å². The molecule has 3 heterocycles. The molecule has 0 amide bonds. The molecule has 0 radical (unpaired) electrons. The first-order valence-corrected chi connectivity index (χ1v) is 6.18. The van der Waals surface area contributed by atoms with Crippen LogP contribution in [0.3, 0.4) is 0 Å². The average molecular weight is 252 g/mol. The Balaban J connectivity index is 1.98. The topological polar surface area (TPSA) is 49.6 Å². The van der Waals surface area contributed by atoms with Gasteiger partial charge in [-0.2, -0.15) is 0 Å². The molecule has 1 saturated heterocycles. The maximum absolute atomic E-state index is 9.44. The van der Waals surface area contributed by atoms with Gasteiger partial charge in [0.1, 0.15) is 11.6 Å². The van der Waals surface area contributed by atoms with Crippen LogP contribution < -0.4 is 5.32 Å². The van der Waals surface area contributed by atoms with Crippen molar-refractivity contribution in [3.8, 4) is 5.75 Å². The second kappa shape index (κ2) is 4.20. The summed E-state index contributed by atoms with van der Waals surface area (Å²) in [5.41, 5.74) is 0.771. The Labute approximate surface area is 104 Å². The SMILES string of the molecule is Oc1ccn2c(CC3CCNC3)nc(Cl)c2c1. The van der Waals surface area contributed by atoms with Crippen LogP contribution in [0.5, 0.6) is 5.75 Å². The van der Waals surface area contributed by atoms with Crippen LogP contribution in [0.4, 0.5) is 0 Å². The smallest absolute Gasteiger partial charge is 0.155 e. The highest BCUT2D eigenvalue weighted by Gasteiger charge is 2.18. The summed E-state index contributed by atoms with van der Waals surface area (Å²) in [5, 5.41) is 13.2. The molecule has 5 heteroatoms. The van der Waals surface area contributed by atoms with Crippen molar-refractivity contribution in [3.05, 3.63) is 29.3 Å². The minimum Gasteiger partial charge on any atom is -0.508 e. The van der Waals surface area contributed by atoms with Crippen molar-refractivity contribution in [2.45, 2.75) is 12.8 Å². The molecule has 0 aliphatic carbocycles. The Kier molecular flexibility index (Phi) is 2.68. The van der Waals surface area contributed by atoms with Gasteiger partial charge in [0.25, 0.3) is 0 Å². The predicted molar refractivity (Wildman–Crippen MR) is 66.5 cm³/mol. The van der Waals surface area contributed by atoms with Gasteiger partial charge in [0, 0.05) is 18.7 Å². The summed E-state index contributed by atoms with van der Waals surface area (Å²) in [6, 6.07) is 3.30. The number of rotatable bonds is 2. The third kappa shape index (κ3) is 1.98. The Morgan fingerprint density at radius 3 is 3.24 bits per heavy atom. The number of nitrogens with zero attached hydrogens (tertiary/aromatic N) is 2. The summed E-state index contributed by atoms with van der Waals surface area (Å²) in [6.45, 7) is 2.13. The zero-order chi connectivity index (χ0) is 11.8. The summed E-state index contributed by atoms with van der Waals surface area (Å²) in [6.07, 6.45) is 3.93. The van der Waals surface area contributed by atoms with E-state index in [2.05, 4.69) is 10.3 Å². The van der Waals surface area contributed by atoms with Crippen LogP contribution in [0.1, 0.15) is 12.2 Å². The number of pyridine rings is 1. The van der Waals surface area contributed by atoms with Crippen molar-refractivity contribution in [2.24, 2.45) is 5.92 Å². The van der Waals surface area contributed by atoms with Crippen LogP contribution in [0.15, 0.2) is 18.3 Å². The number of imidazole rings is 1. The maximum Gasteiger partial charge on any atom is 0.155 e. The molecule has 3 rings (SSSR count). The fourth-order valence-electron chi connectivity index (χ4n) is 2.39. The van der Waals surface area contributed by atoms with Crippen LogP contribution in [-0.4, -0.2) is 27.6 Å². The second-order valence-electron chi connectivity index (χ2n) is 4.52. The van der Waals surface area contributed by atoms with Crippen molar-refractivity contribution < 1.29 is 5.11 Å². The minimum atomic E-state index is 0.216. The Morgan fingerprint density at radius 2 is 2.47 bits per heavy atom. The predicted octanol–water partition coefficient (Wildman–Crippen LogP) is 1.85. The van der Waals surface area contributed by atoms with Gasteiger partial charge in [-0.15, -0.1) is 0 Å². The maximum atomic E-state index is 9.44. The highest BCUT2D eigenvalue weighted by molar-refractivity contribution is 6.32. The molecule has 0 saturated carbocycles. The quantitative estimate of drug-likeness (QED) is 0.857. The first kappa shape index (κ1) is 10.9. The van der Waals surface area contributed by atoms with E-state index in [0.717, 1.165) is 30.9 Å². The summed E-state index contributed by atoms with van der Waals surface area (Å²) in [4.78, 5) is 4.38. The van der Waals surface area contributed by atoms with Crippen LogP contribution in [0, 0.1) is 5.92 Å². The minimum absolute atomic E-state index is 0.216. The molecule has 0 bridgehead atoms. The lowest BCUT2D eigenvalue weighted by Crippen LogP contribution is -2.12. The number of nitrogens with one attached hydrogen (secondary N) is 1. The van der Waals surface area contributed by atoms with Gasteiger partial charge in [-0.3, -0.25) is 0 Å². The third-order valence-corrected chi connectivity index (χ3v) is 3.57. The third-order valence-electron chi connectivity index (χ3n) is 3.29. The van der Waals surface area contributed by atoms with Crippen molar-refractivity contribution in [1.29, 1.82) is 0 Å². The van der Waals surface area contributed by atoms with E-state index >= 15 is 0 Å². The van der Waals surface area contributed by atoms with E-state index < -0.39 is 0 Å². The number of aromatic nitrogens is 2. The molecule has 1 fully saturated rings. The number of hydrogen-bond donors (Lipinski definition) is 2. The van der Waals surface area contributed by atoms with E-state index in [1.165, 1.54) is 6.42 Å². The van der Waals surface area contributed by atoms with Crippen LogP contribution in [-0.2, 0) is 6.42 Å². The van der Waals surface area contributed by atoms with E-state index in [-0.39, 0.29) is 5.75 Å². The standard InChI is InChI=1S/C12H14ClN3O/c13-12-10-6-9(17)2-4-16(10)11(15-12)5-8-1-3-14-7-8/h2,4,6,8,14,17H,1,3,5,7H2. The first-order chi connectivity index (χ1) is 8.24. The molecular weight excluding hydrogens is 238 g/mol. The van der Waals surface area contributed by atoms with E-state index in [1.807, 2.05) is 10.6 Å². The van der Waals surface area contributed by atoms with Gasteiger partial charge in [-0.05, 0) is 31.5 Å².